The molecule has 1 fully saturated rings. The minimum absolute atomic E-state index is 0.0302. The number of carboxylic acid groups (broad SMARTS) is 1. The van der Waals surface area contributed by atoms with Gasteiger partial charge in [-0.15, -0.1) is 0 Å². The molecule has 1 amide bonds. The van der Waals surface area contributed by atoms with Crippen molar-refractivity contribution in [1.82, 2.24) is 15.1 Å². The third-order valence-corrected chi connectivity index (χ3v) is 6.27. The molecule has 2 aliphatic rings. The van der Waals surface area contributed by atoms with Crippen LogP contribution >= 0.6 is 0 Å². The number of benzene rings is 2. The molecule has 3 atom stereocenters. The molecule has 0 radical (unpaired) electrons. The molecule has 164 valence electrons. The molecule has 0 saturated heterocycles. The number of fused-ring (bicyclic) bond motifs is 5. The van der Waals surface area contributed by atoms with Crippen molar-refractivity contribution in [3.8, 4) is 5.69 Å². The van der Waals surface area contributed by atoms with Crippen LogP contribution in [0.1, 0.15) is 64.4 Å². The number of nitrogens with one attached hydrogen (secondary N) is 1. The van der Waals surface area contributed by atoms with E-state index in [0.717, 1.165) is 43.5 Å². The topological polar surface area (TPSA) is 84.2 Å². The number of aliphatic carboxylic acids is 1. The highest BCUT2D eigenvalue weighted by Gasteiger charge is 2.44. The lowest BCUT2D eigenvalue weighted by atomic mass is 9.95. The van der Waals surface area contributed by atoms with Crippen LogP contribution < -0.4 is 5.32 Å². The zero-order chi connectivity index (χ0) is 22.6. The Bertz CT molecular complexity index is 1240. The summed E-state index contributed by atoms with van der Waals surface area (Å²) in [5.74, 6) is -3.92. The molecule has 2 aromatic carbocycles. The van der Waals surface area contributed by atoms with Crippen molar-refractivity contribution in [1.29, 1.82) is 0 Å². The van der Waals surface area contributed by atoms with Gasteiger partial charge in [0.15, 0.2) is 17.6 Å². The van der Waals surface area contributed by atoms with E-state index in [1.165, 1.54) is 22.9 Å². The molecule has 32 heavy (non-hydrogen) atoms. The Morgan fingerprint density at radius 2 is 1.72 bits per heavy atom. The van der Waals surface area contributed by atoms with Crippen LogP contribution in [0, 0.1) is 17.5 Å². The average molecular weight is 441 g/mol. The Labute approximate surface area is 180 Å². The third-order valence-electron chi connectivity index (χ3n) is 6.27. The van der Waals surface area contributed by atoms with Crippen LogP contribution in [0.25, 0.3) is 5.69 Å². The molecule has 6 nitrogen and oxygen atoms in total. The van der Waals surface area contributed by atoms with Gasteiger partial charge in [-0.25, -0.2) is 22.6 Å². The van der Waals surface area contributed by atoms with Crippen molar-refractivity contribution in [3.63, 3.8) is 0 Å². The molecule has 2 bridgehead atoms. The second-order valence-electron chi connectivity index (χ2n) is 8.16. The van der Waals surface area contributed by atoms with E-state index in [9.17, 15) is 27.9 Å². The van der Waals surface area contributed by atoms with E-state index >= 15 is 0 Å². The summed E-state index contributed by atoms with van der Waals surface area (Å²) in [4.78, 5) is 24.9. The maximum atomic E-state index is 14.5. The first-order valence-corrected chi connectivity index (χ1v) is 10.2. The van der Waals surface area contributed by atoms with Crippen LogP contribution in [-0.2, 0) is 4.79 Å². The number of halogens is 3. The molecule has 5 rings (SSSR count). The van der Waals surface area contributed by atoms with Gasteiger partial charge < -0.3 is 10.4 Å². The van der Waals surface area contributed by atoms with Crippen LogP contribution in [0.2, 0.25) is 0 Å². The maximum absolute atomic E-state index is 14.5. The second-order valence-corrected chi connectivity index (χ2v) is 8.16. The number of carbonyl (C=O) groups excluding carboxylic acids is 1. The van der Waals surface area contributed by atoms with Gasteiger partial charge in [-0.3, -0.25) is 4.79 Å². The van der Waals surface area contributed by atoms with Crippen molar-refractivity contribution in [2.24, 2.45) is 0 Å². The predicted octanol–water partition coefficient (Wildman–Crippen LogP) is 4.21. The highest BCUT2D eigenvalue weighted by Crippen LogP contribution is 2.54. The molecule has 2 unspecified atom stereocenters. The summed E-state index contributed by atoms with van der Waals surface area (Å²) in [6.07, 6.45) is 2.53. The molecule has 2 N–H and O–H groups in total. The normalized spacial score (nSPS) is 19.6. The van der Waals surface area contributed by atoms with Gasteiger partial charge in [-0.05, 0) is 55.0 Å². The largest absolute Gasteiger partial charge is 0.479 e. The van der Waals surface area contributed by atoms with E-state index in [0.29, 0.717) is 11.3 Å². The Morgan fingerprint density at radius 1 is 1.03 bits per heavy atom. The molecule has 1 heterocycles. The van der Waals surface area contributed by atoms with E-state index in [1.54, 1.807) is 0 Å². The van der Waals surface area contributed by atoms with Gasteiger partial charge in [-0.1, -0.05) is 12.1 Å². The quantitative estimate of drug-likeness (QED) is 0.621. The van der Waals surface area contributed by atoms with Crippen molar-refractivity contribution in [3.05, 3.63) is 82.4 Å². The van der Waals surface area contributed by atoms with Crippen molar-refractivity contribution < 1.29 is 27.9 Å². The number of hydrogen-bond acceptors (Lipinski definition) is 3. The van der Waals surface area contributed by atoms with Crippen molar-refractivity contribution in [2.75, 3.05) is 0 Å². The standard InChI is InChI=1S/C23H18F3N3O3/c24-14-5-3-11(4-6-14)19(23(31)32)27-22(30)20-18-12-1-2-13(9-12)21(18)29(28-20)17-8-7-15(25)10-16(17)26/h3-8,10,12-13,19H,1-2,9H2,(H,27,30)(H,31,32)/t12?,13?,19-/m0/s1. The fraction of sp³-hybridized carbons (Fsp3) is 0.261. The molecule has 3 aromatic rings. The summed E-state index contributed by atoms with van der Waals surface area (Å²) in [6, 6.07) is 6.52. The Hall–Kier alpha value is -3.62. The van der Waals surface area contributed by atoms with Crippen molar-refractivity contribution >= 4 is 11.9 Å². The first-order chi connectivity index (χ1) is 15.3. The first-order valence-electron chi connectivity index (χ1n) is 10.2. The van der Waals surface area contributed by atoms with Gasteiger partial charge in [0, 0.05) is 17.5 Å². The maximum Gasteiger partial charge on any atom is 0.330 e. The van der Waals surface area contributed by atoms with Gasteiger partial charge >= 0.3 is 5.97 Å². The lowest BCUT2D eigenvalue weighted by Gasteiger charge is -2.16. The van der Waals surface area contributed by atoms with E-state index in [1.807, 2.05) is 0 Å². The Morgan fingerprint density at radius 3 is 2.41 bits per heavy atom. The van der Waals surface area contributed by atoms with Crippen molar-refractivity contribution in [2.45, 2.75) is 37.1 Å². The van der Waals surface area contributed by atoms with Crippen LogP contribution in [0.4, 0.5) is 13.2 Å². The highest BCUT2D eigenvalue weighted by molar-refractivity contribution is 5.97. The Balaban J connectivity index is 1.55. The van der Waals surface area contributed by atoms with Crippen LogP contribution in [0.3, 0.4) is 0 Å². The molecular weight excluding hydrogens is 423 g/mol. The summed E-state index contributed by atoms with van der Waals surface area (Å²) in [6.45, 7) is 0. The lowest BCUT2D eigenvalue weighted by molar-refractivity contribution is -0.139. The van der Waals surface area contributed by atoms with Gasteiger partial charge in [0.05, 0.1) is 5.69 Å². The number of aromatic nitrogens is 2. The van der Waals surface area contributed by atoms with Crippen LogP contribution in [-0.4, -0.2) is 26.8 Å². The SMILES string of the molecule is O=C(N[C@H](C(=O)O)c1ccc(F)cc1)c1nn(-c2ccc(F)cc2F)c2c1C1CCC2C1. The number of nitrogens with zero attached hydrogens (tertiary/aromatic N) is 2. The van der Waals surface area contributed by atoms with E-state index in [2.05, 4.69) is 10.4 Å². The molecule has 1 aromatic heterocycles. The molecule has 2 aliphatic carbocycles. The fourth-order valence-corrected chi connectivity index (χ4v) is 4.88. The number of carbonyl (C=O) groups is 2. The zero-order valence-electron chi connectivity index (χ0n) is 16.7. The summed E-state index contributed by atoms with van der Waals surface area (Å²) in [5.41, 5.74) is 1.66. The highest BCUT2D eigenvalue weighted by atomic mass is 19.1. The second kappa shape index (κ2) is 7.51. The zero-order valence-corrected chi connectivity index (χ0v) is 16.7. The van der Waals surface area contributed by atoms with Crippen LogP contribution in [0.5, 0.6) is 0 Å². The third kappa shape index (κ3) is 3.24. The van der Waals surface area contributed by atoms with Gasteiger partial charge in [0.2, 0.25) is 0 Å². The monoisotopic (exact) mass is 441 g/mol. The summed E-state index contributed by atoms with van der Waals surface area (Å²) in [5, 5.41) is 16.4. The predicted molar refractivity (Wildman–Crippen MR) is 107 cm³/mol. The number of amides is 1. The van der Waals surface area contributed by atoms with Gasteiger partial charge in [-0.2, -0.15) is 5.10 Å². The summed E-state index contributed by atoms with van der Waals surface area (Å²) >= 11 is 0. The average Bonchev–Trinajstić information content (AvgIpc) is 3.46. The summed E-state index contributed by atoms with van der Waals surface area (Å²) in [7, 11) is 0. The van der Waals surface area contributed by atoms with E-state index in [-0.39, 0.29) is 28.8 Å². The number of carboxylic acids is 1. The molecule has 9 heteroatoms. The molecule has 1 saturated carbocycles. The molecule has 0 spiro atoms. The number of rotatable bonds is 5. The smallest absolute Gasteiger partial charge is 0.330 e. The minimum atomic E-state index is -1.41. The molecule has 0 aliphatic heterocycles. The Kier molecular flexibility index (Phi) is 4.76. The summed E-state index contributed by atoms with van der Waals surface area (Å²) < 4.78 is 42.5. The lowest BCUT2D eigenvalue weighted by Crippen LogP contribution is -2.34. The van der Waals surface area contributed by atoms with Crippen LogP contribution in [0.15, 0.2) is 42.5 Å². The number of hydrogen-bond donors (Lipinski definition) is 2. The minimum Gasteiger partial charge on any atom is -0.479 e. The fourth-order valence-electron chi connectivity index (χ4n) is 4.88. The van der Waals surface area contributed by atoms with E-state index < -0.39 is 35.4 Å². The van der Waals surface area contributed by atoms with Gasteiger partial charge in [0.25, 0.3) is 5.91 Å². The first kappa shape index (κ1) is 20.3. The van der Waals surface area contributed by atoms with Gasteiger partial charge in [0.1, 0.15) is 17.3 Å². The molecular formula is C23H18F3N3O3. The van der Waals surface area contributed by atoms with E-state index in [4.69, 9.17) is 0 Å².